The fraction of sp³-hybridized carbons (Fsp3) is 0.350. The lowest BCUT2D eigenvalue weighted by Gasteiger charge is -2.25. The summed E-state index contributed by atoms with van der Waals surface area (Å²) in [6, 6.07) is 14.1. The highest BCUT2D eigenvalue weighted by atomic mass is 19.4. The lowest BCUT2D eigenvalue weighted by Crippen LogP contribution is -2.19. The normalized spacial score (nSPS) is 18.6. The number of rotatable bonds is 1. The molecule has 1 aliphatic rings. The van der Waals surface area contributed by atoms with Crippen molar-refractivity contribution in [3.05, 3.63) is 70.8 Å². The van der Waals surface area contributed by atoms with E-state index >= 15 is 0 Å². The van der Waals surface area contributed by atoms with Crippen molar-refractivity contribution in [2.75, 3.05) is 0 Å². The Kier molecular flexibility index (Phi) is 4.74. The van der Waals surface area contributed by atoms with Crippen LogP contribution < -0.4 is 0 Å². The molecule has 2 aromatic rings. The summed E-state index contributed by atoms with van der Waals surface area (Å²) in [6.07, 6.45) is -2.58. The van der Waals surface area contributed by atoms with E-state index in [2.05, 4.69) is 0 Å². The van der Waals surface area contributed by atoms with Crippen LogP contribution in [0, 0.1) is 0 Å². The number of aryl methyl sites for hydroxylation is 1. The van der Waals surface area contributed by atoms with Crippen molar-refractivity contribution in [2.45, 2.75) is 44.2 Å². The van der Waals surface area contributed by atoms with E-state index in [0.717, 1.165) is 18.4 Å². The van der Waals surface area contributed by atoms with Crippen LogP contribution in [0.5, 0.6) is 0 Å². The van der Waals surface area contributed by atoms with E-state index < -0.39 is 18.5 Å². The van der Waals surface area contributed by atoms with E-state index in [1.54, 1.807) is 36.4 Å². The Bertz CT molecular complexity index is 734. The van der Waals surface area contributed by atoms with Crippen molar-refractivity contribution < 1.29 is 18.0 Å². The number of hydrogen-bond acceptors (Lipinski definition) is 1. The maximum absolute atomic E-state index is 13.3. The number of carbonyl (C=O) groups is 1. The minimum absolute atomic E-state index is 0.0582. The summed E-state index contributed by atoms with van der Waals surface area (Å²) in [4.78, 5) is 12.5. The van der Waals surface area contributed by atoms with Gasteiger partial charge >= 0.3 is 6.18 Å². The fourth-order valence-electron chi connectivity index (χ4n) is 3.51. The van der Waals surface area contributed by atoms with Gasteiger partial charge in [-0.05, 0) is 36.0 Å². The number of halogens is 3. The smallest absolute Gasteiger partial charge is 0.294 e. The SMILES string of the molecule is O=C1CCCCc2ccccc2C(CC(F)(F)F)c2ccccc21. The lowest BCUT2D eigenvalue weighted by atomic mass is 9.80. The molecule has 0 saturated heterocycles. The van der Waals surface area contributed by atoms with Gasteiger partial charge in [-0.25, -0.2) is 0 Å². The van der Waals surface area contributed by atoms with Crippen molar-refractivity contribution in [1.82, 2.24) is 0 Å². The van der Waals surface area contributed by atoms with Gasteiger partial charge in [0.25, 0.3) is 0 Å². The lowest BCUT2D eigenvalue weighted by molar-refractivity contribution is -0.136. The first-order chi connectivity index (χ1) is 11.5. The molecule has 2 aromatic carbocycles. The van der Waals surface area contributed by atoms with Gasteiger partial charge in [0.05, 0.1) is 6.42 Å². The third kappa shape index (κ3) is 3.69. The van der Waals surface area contributed by atoms with Crippen molar-refractivity contribution in [3.8, 4) is 0 Å². The van der Waals surface area contributed by atoms with Gasteiger partial charge in [-0.1, -0.05) is 48.5 Å². The Morgan fingerprint density at radius 2 is 1.50 bits per heavy atom. The Hall–Kier alpha value is -2.10. The minimum atomic E-state index is -4.29. The Morgan fingerprint density at radius 3 is 2.25 bits per heavy atom. The quantitative estimate of drug-likeness (QED) is 0.656. The van der Waals surface area contributed by atoms with Gasteiger partial charge in [-0.2, -0.15) is 13.2 Å². The molecule has 1 aliphatic carbocycles. The third-order valence-electron chi connectivity index (χ3n) is 4.60. The molecule has 24 heavy (non-hydrogen) atoms. The van der Waals surface area contributed by atoms with E-state index in [1.807, 2.05) is 12.1 Å². The Balaban J connectivity index is 2.19. The second kappa shape index (κ2) is 6.80. The molecule has 126 valence electrons. The first-order valence-electron chi connectivity index (χ1n) is 8.22. The molecule has 1 unspecified atom stereocenters. The van der Waals surface area contributed by atoms with Crippen molar-refractivity contribution in [1.29, 1.82) is 0 Å². The van der Waals surface area contributed by atoms with Crippen LogP contribution in [0.4, 0.5) is 13.2 Å². The number of hydrogen-bond donors (Lipinski definition) is 0. The van der Waals surface area contributed by atoms with E-state index in [0.29, 0.717) is 29.5 Å². The predicted octanol–water partition coefficient (Wildman–Crippen LogP) is 5.68. The van der Waals surface area contributed by atoms with Gasteiger partial charge in [-0.15, -0.1) is 0 Å². The first kappa shape index (κ1) is 16.7. The van der Waals surface area contributed by atoms with Crippen LogP contribution in [0.1, 0.15) is 58.6 Å². The molecule has 0 saturated carbocycles. The van der Waals surface area contributed by atoms with E-state index in [-0.39, 0.29) is 5.78 Å². The van der Waals surface area contributed by atoms with Crippen LogP contribution in [-0.4, -0.2) is 12.0 Å². The molecular formula is C20H19F3O. The number of alkyl halides is 3. The number of benzene rings is 2. The molecule has 0 heterocycles. The molecule has 0 bridgehead atoms. The maximum Gasteiger partial charge on any atom is 0.390 e. The highest BCUT2D eigenvalue weighted by Gasteiger charge is 2.35. The molecule has 1 atom stereocenters. The van der Waals surface area contributed by atoms with Gasteiger partial charge in [0.2, 0.25) is 0 Å². The highest BCUT2D eigenvalue weighted by Crippen LogP contribution is 2.40. The summed E-state index contributed by atoms with van der Waals surface area (Å²) in [5.41, 5.74) is 2.57. The van der Waals surface area contributed by atoms with Gasteiger partial charge in [0.1, 0.15) is 0 Å². The van der Waals surface area contributed by atoms with Gasteiger partial charge < -0.3 is 0 Å². The van der Waals surface area contributed by atoms with Crippen LogP contribution in [0.3, 0.4) is 0 Å². The van der Waals surface area contributed by atoms with Crippen LogP contribution >= 0.6 is 0 Å². The van der Waals surface area contributed by atoms with Gasteiger partial charge in [0, 0.05) is 17.9 Å². The predicted molar refractivity (Wildman–Crippen MR) is 87.3 cm³/mol. The van der Waals surface area contributed by atoms with Crippen molar-refractivity contribution in [3.63, 3.8) is 0 Å². The molecule has 0 amide bonds. The molecule has 0 aliphatic heterocycles. The number of carbonyl (C=O) groups excluding carboxylic acids is 1. The summed E-state index contributed by atoms with van der Waals surface area (Å²) < 4.78 is 39.8. The van der Waals surface area contributed by atoms with E-state index in [4.69, 9.17) is 0 Å². The second-order valence-corrected chi connectivity index (χ2v) is 6.29. The fourth-order valence-corrected chi connectivity index (χ4v) is 3.51. The summed E-state index contributed by atoms with van der Waals surface area (Å²) in [5, 5.41) is 0. The van der Waals surface area contributed by atoms with Crippen LogP contribution in [0.15, 0.2) is 48.5 Å². The first-order valence-corrected chi connectivity index (χ1v) is 8.22. The minimum Gasteiger partial charge on any atom is -0.294 e. The molecular weight excluding hydrogens is 313 g/mol. The molecule has 3 rings (SSSR count). The second-order valence-electron chi connectivity index (χ2n) is 6.29. The largest absolute Gasteiger partial charge is 0.390 e. The highest BCUT2D eigenvalue weighted by molar-refractivity contribution is 5.97. The molecule has 0 N–H and O–H groups in total. The van der Waals surface area contributed by atoms with E-state index in [9.17, 15) is 18.0 Å². The van der Waals surface area contributed by atoms with Crippen molar-refractivity contribution >= 4 is 5.78 Å². The van der Waals surface area contributed by atoms with Crippen molar-refractivity contribution in [2.24, 2.45) is 0 Å². The number of ketones is 1. The molecule has 4 heteroatoms. The Labute approximate surface area is 139 Å². The zero-order chi connectivity index (χ0) is 17.2. The van der Waals surface area contributed by atoms with Gasteiger partial charge in [0.15, 0.2) is 5.78 Å². The number of Topliss-reactive ketones (excluding diaryl/α,β-unsaturated/α-hetero) is 1. The maximum atomic E-state index is 13.3. The monoisotopic (exact) mass is 332 g/mol. The average molecular weight is 332 g/mol. The third-order valence-corrected chi connectivity index (χ3v) is 4.60. The van der Waals surface area contributed by atoms with E-state index in [1.165, 1.54) is 0 Å². The van der Waals surface area contributed by atoms with Gasteiger partial charge in [-0.3, -0.25) is 4.79 Å². The summed E-state index contributed by atoms with van der Waals surface area (Å²) in [5.74, 6) is -0.892. The Morgan fingerprint density at radius 1 is 0.875 bits per heavy atom. The molecule has 1 nitrogen and oxygen atoms in total. The molecule has 0 aromatic heterocycles. The molecule has 0 radical (unpaired) electrons. The summed E-state index contributed by atoms with van der Waals surface area (Å²) >= 11 is 0. The summed E-state index contributed by atoms with van der Waals surface area (Å²) in [6.45, 7) is 0. The summed E-state index contributed by atoms with van der Waals surface area (Å²) in [7, 11) is 0. The standard InChI is InChI=1S/C20H19F3O/c21-20(22,23)13-18-15-9-3-1-7-14(15)8-2-6-12-19(24)17-11-5-4-10-16(17)18/h1,3-5,7,9-11,18H,2,6,8,12-13H2. The topological polar surface area (TPSA) is 17.1 Å². The van der Waals surface area contributed by atoms with Crippen LogP contribution in [-0.2, 0) is 6.42 Å². The molecule has 0 fully saturated rings. The zero-order valence-corrected chi connectivity index (χ0v) is 13.3. The average Bonchev–Trinajstić information content (AvgIpc) is 2.56. The van der Waals surface area contributed by atoms with Crippen LogP contribution in [0.2, 0.25) is 0 Å². The zero-order valence-electron chi connectivity index (χ0n) is 13.3. The van der Waals surface area contributed by atoms with Crippen LogP contribution in [0.25, 0.3) is 0 Å². The number of fused-ring (bicyclic) bond motifs is 2. The molecule has 0 spiro atoms.